The van der Waals surface area contributed by atoms with E-state index in [1.807, 2.05) is 16.9 Å². The molecule has 1 aliphatic rings. The third-order valence-electron chi connectivity index (χ3n) is 3.83. The minimum atomic E-state index is -0.125. The van der Waals surface area contributed by atoms with E-state index in [2.05, 4.69) is 5.10 Å². The average Bonchev–Trinajstić information content (AvgIpc) is 2.85. The Labute approximate surface area is 133 Å². The molecule has 2 aromatic rings. The average molecular weight is 325 g/mol. The molecule has 0 amide bonds. The number of allylic oxidation sites excluding steroid dienone is 2. The third-order valence-corrected chi connectivity index (χ3v) is 4.41. The van der Waals surface area contributed by atoms with Crippen molar-refractivity contribution in [2.24, 2.45) is 0 Å². The van der Waals surface area contributed by atoms with Crippen LogP contribution >= 0.6 is 23.2 Å². The standard InChI is InChI=1S/C16H15Cl2FN2/c1-10(19)14-4-2-3-11-8-20-21(16(11)14)9-12-5-6-13(17)7-15(12)18/h5-8H,2-4,9H2,1H3/b14-10+. The molecule has 1 aromatic heterocycles. The number of nitrogens with zero attached hydrogens (tertiary/aromatic N) is 2. The molecule has 0 fully saturated rings. The zero-order valence-corrected chi connectivity index (χ0v) is 13.2. The summed E-state index contributed by atoms with van der Waals surface area (Å²) >= 11 is 12.1. The van der Waals surface area contributed by atoms with Crippen molar-refractivity contribution in [1.82, 2.24) is 9.78 Å². The molecule has 110 valence electrons. The highest BCUT2D eigenvalue weighted by molar-refractivity contribution is 6.35. The van der Waals surface area contributed by atoms with Gasteiger partial charge in [0.2, 0.25) is 0 Å². The molecule has 0 atom stereocenters. The number of fused-ring (bicyclic) bond motifs is 1. The Hall–Kier alpha value is -1.32. The minimum Gasteiger partial charge on any atom is -0.260 e. The van der Waals surface area contributed by atoms with Gasteiger partial charge in [-0.25, -0.2) is 4.39 Å². The van der Waals surface area contributed by atoms with Crippen LogP contribution in [0.15, 0.2) is 30.2 Å². The highest BCUT2D eigenvalue weighted by Gasteiger charge is 2.22. The second-order valence-electron chi connectivity index (χ2n) is 5.28. The van der Waals surface area contributed by atoms with Gasteiger partial charge in [-0.3, -0.25) is 4.68 Å². The van der Waals surface area contributed by atoms with E-state index in [4.69, 9.17) is 23.2 Å². The van der Waals surface area contributed by atoms with Gasteiger partial charge in [0.05, 0.1) is 18.4 Å². The van der Waals surface area contributed by atoms with Crippen LogP contribution in [0.1, 0.15) is 36.6 Å². The monoisotopic (exact) mass is 324 g/mol. The van der Waals surface area contributed by atoms with Gasteiger partial charge in [-0.15, -0.1) is 0 Å². The Morgan fingerprint density at radius 2 is 2.14 bits per heavy atom. The van der Waals surface area contributed by atoms with Crippen LogP contribution in [-0.4, -0.2) is 9.78 Å². The maximum Gasteiger partial charge on any atom is 0.102 e. The molecule has 0 saturated heterocycles. The topological polar surface area (TPSA) is 17.8 Å². The van der Waals surface area contributed by atoms with E-state index in [9.17, 15) is 4.39 Å². The molecule has 2 nitrogen and oxygen atoms in total. The molecule has 0 N–H and O–H groups in total. The molecule has 0 saturated carbocycles. The Kier molecular flexibility index (Phi) is 4.05. The number of hydrogen-bond acceptors (Lipinski definition) is 1. The van der Waals surface area contributed by atoms with Crippen LogP contribution < -0.4 is 0 Å². The van der Waals surface area contributed by atoms with Crippen LogP contribution in [0.2, 0.25) is 10.0 Å². The van der Waals surface area contributed by atoms with Crippen molar-refractivity contribution in [1.29, 1.82) is 0 Å². The zero-order chi connectivity index (χ0) is 15.0. The predicted molar refractivity (Wildman–Crippen MR) is 84.4 cm³/mol. The fourth-order valence-electron chi connectivity index (χ4n) is 2.80. The smallest absolute Gasteiger partial charge is 0.102 e. The Morgan fingerprint density at radius 1 is 1.33 bits per heavy atom. The van der Waals surface area contributed by atoms with Gasteiger partial charge in [-0.1, -0.05) is 29.3 Å². The Bertz CT molecular complexity index is 715. The zero-order valence-electron chi connectivity index (χ0n) is 11.7. The van der Waals surface area contributed by atoms with E-state index in [-0.39, 0.29) is 5.83 Å². The molecule has 1 aliphatic carbocycles. The Morgan fingerprint density at radius 3 is 2.86 bits per heavy atom. The molecular weight excluding hydrogens is 310 g/mol. The first kappa shape index (κ1) is 14.6. The fraction of sp³-hybridized carbons (Fsp3) is 0.312. The third kappa shape index (κ3) is 2.85. The number of aromatic nitrogens is 2. The number of aryl methyl sites for hydroxylation is 1. The summed E-state index contributed by atoms with van der Waals surface area (Å²) in [5.41, 5.74) is 3.71. The molecule has 0 aliphatic heterocycles. The van der Waals surface area contributed by atoms with E-state index in [0.717, 1.165) is 41.7 Å². The summed E-state index contributed by atoms with van der Waals surface area (Å²) in [4.78, 5) is 0. The second kappa shape index (κ2) is 5.82. The Balaban J connectivity index is 2.01. The molecule has 1 heterocycles. The summed E-state index contributed by atoms with van der Waals surface area (Å²) in [5, 5.41) is 5.62. The summed E-state index contributed by atoms with van der Waals surface area (Å²) in [7, 11) is 0. The van der Waals surface area contributed by atoms with Gasteiger partial charge in [0, 0.05) is 15.6 Å². The normalized spacial score (nSPS) is 16.8. The molecule has 0 radical (unpaired) electrons. The molecule has 21 heavy (non-hydrogen) atoms. The van der Waals surface area contributed by atoms with Crippen molar-refractivity contribution in [2.45, 2.75) is 32.7 Å². The fourth-order valence-corrected chi connectivity index (χ4v) is 3.27. The number of hydrogen-bond donors (Lipinski definition) is 0. The van der Waals surface area contributed by atoms with Gasteiger partial charge >= 0.3 is 0 Å². The lowest BCUT2D eigenvalue weighted by atomic mass is 9.92. The van der Waals surface area contributed by atoms with E-state index in [0.29, 0.717) is 16.6 Å². The summed E-state index contributed by atoms with van der Waals surface area (Å²) in [6.45, 7) is 2.03. The summed E-state index contributed by atoms with van der Waals surface area (Å²) in [6, 6.07) is 5.40. The van der Waals surface area contributed by atoms with Crippen molar-refractivity contribution in [2.75, 3.05) is 0 Å². The first-order valence-electron chi connectivity index (χ1n) is 6.90. The second-order valence-corrected chi connectivity index (χ2v) is 6.12. The molecule has 0 bridgehead atoms. The SMILES string of the molecule is C/C(F)=C1/CCCc2cnn(Cc3ccc(Cl)cc3Cl)c21. The van der Waals surface area contributed by atoms with Gasteiger partial charge in [0.25, 0.3) is 0 Å². The lowest BCUT2D eigenvalue weighted by molar-refractivity contribution is 0.619. The number of benzene rings is 1. The minimum absolute atomic E-state index is 0.125. The maximum atomic E-state index is 13.8. The van der Waals surface area contributed by atoms with Crippen LogP contribution in [-0.2, 0) is 13.0 Å². The maximum absolute atomic E-state index is 13.8. The van der Waals surface area contributed by atoms with E-state index < -0.39 is 0 Å². The lowest BCUT2D eigenvalue weighted by Gasteiger charge is -2.18. The van der Waals surface area contributed by atoms with Gasteiger partial charge in [-0.05, 0) is 49.4 Å². The van der Waals surface area contributed by atoms with Gasteiger partial charge in [0.15, 0.2) is 0 Å². The van der Waals surface area contributed by atoms with Crippen LogP contribution in [0.5, 0.6) is 0 Å². The number of halogens is 3. The summed E-state index contributed by atoms with van der Waals surface area (Å²) in [5.74, 6) is -0.125. The quantitative estimate of drug-likeness (QED) is 0.735. The molecule has 3 rings (SSSR count). The first-order chi connectivity index (χ1) is 10.1. The van der Waals surface area contributed by atoms with E-state index >= 15 is 0 Å². The van der Waals surface area contributed by atoms with Crippen molar-refractivity contribution < 1.29 is 4.39 Å². The van der Waals surface area contributed by atoms with Crippen LogP contribution in [0.3, 0.4) is 0 Å². The predicted octanol–water partition coefficient (Wildman–Crippen LogP) is 5.28. The molecule has 0 spiro atoms. The lowest BCUT2D eigenvalue weighted by Crippen LogP contribution is -2.11. The summed E-state index contributed by atoms with van der Waals surface area (Å²) < 4.78 is 15.6. The van der Waals surface area contributed by atoms with Crippen LogP contribution in [0.4, 0.5) is 4.39 Å². The molecule has 0 unspecified atom stereocenters. The van der Waals surface area contributed by atoms with Crippen LogP contribution in [0, 0.1) is 0 Å². The largest absolute Gasteiger partial charge is 0.260 e. The molecule has 5 heteroatoms. The van der Waals surface area contributed by atoms with Gasteiger partial charge in [-0.2, -0.15) is 5.10 Å². The van der Waals surface area contributed by atoms with Crippen molar-refractivity contribution >= 4 is 28.8 Å². The van der Waals surface area contributed by atoms with Crippen molar-refractivity contribution in [3.8, 4) is 0 Å². The molecular formula is C16H15Cl2FN2. The van der Waals surface area contributed by atoms with Crippen LogP contribution in [0.25, 0.3) is 5.57 Å². The highest BCUT2D eigenvalue weighted by Crippen LogP contribution is 2.34. The van der Waals surface area contributed by atoms with E-state index in [1.54, 1.807) is 12.1 Å². The van der Waals surface area contributed by atoms with Crippen molar-refractivity contribution in [3.05, 3.63) is 57.1 Å². The molecule has 1 aromatic carbocycles. The van der Waals surface area contributed by atoms with Gasteiger partial charge < -0.3 is 0 Å². The van der Waals surface area contributed by atoms with Gasteiger partial charge in [0.1, 0.15) is 5.83 Å². The number of rotatable bonds is 2. The van der Waals surface area contributed by atoms with Crippen molar-refractivity contribution in [3.63, 3.8) is 0 Å². The summed E-state index contributed by atoms with van der Waals surface area (Å²) in [6.07, 6.45) is 4.51. The first-order valence-corrected chi connectivity index (χ1v) is 7.66. The van der Waals surface area contributed by atoms with E-state index in [1.165, 1.54) is 6.92 Å². The highest BCUT2D eigenvalue weighted by atomic mass is 35.5.